The van der Waals surface area contributed by atoms with Crippen molar-refractivity contribution in [2.24, 2.45) is 0 Å². The van der Waals surface area contributed by atoms with Gasteiger partial charge in [0.15, 0.2) is 0 Å². The van der Waals surface area contributed by atoms with Gasteiger partial charge >= 0.3 is 5.97 Å². The first kappa shape index (κ1) is 22.5. The van der Waals surface area contributed by atoms with Crippen LogP contribution in [-0.4, -0.2) is 16.8 Å². The number of esters is 1. The summed E-state index contributed by atoms with van der Waals surface area (Å²) in [5.41, 5.74) is 4.71. The number of ether oxygens (including phenoxy) is 1. The second-order valence-electron chi connectivity index (χ2n) is 8.33. The number of hydrogen-bond acceptors (Lipinski definition) is 3. The van der Waals surface area contributed by atoms with Gasteiger partial charge < -0.3 is 9.64 Å². The second-order valence-corrected chi connectivity index (χ2v) is 8.33. The van der Waals surface area contributed by atoms with E-state index in [9.17, 15) is 14.0 Å². The van der Waals surface area contributed by atoms with Gasteiger partial charge in [0.2, 0.25) is 5.91 Å². The van der Waals surface area contributed by atoms with Crippen molar-refractivity contribution in [3.05, 3.63) is 118 Å². The van der Waals surface area contributed by atoms with Crippen LogP contribution in [0, 0.1) is 12.7 Å². The minimum absolute atomic E-state index is 0.0815. The van der Waals surface area contributed by atoms with Gasteiger partial charge in [-0.15, -0.1) is 0 Å². The van der Waals surface area contributed by atoms with E-state index in [-0.39, 0.29) is 24.8 Å². The first-order valence-electron chi connectivity index (χ1n) is 11.0. The van der Waals surface area contributed by atoms with Crippen LogP contribution in [0.15, 0.2) is 90.1 Å². The Morgan fingerprint density at radius 3 is 2.27 bits per heavy atom. The van der Waals surface area contributed by atoms with Crippen molar-refractivity contribution < 1.29 is 18.7 Å². The molecule has 1 atom stereocenters. The van der Waals surface area contributed by atoms with Crippen molar-refractivity contribution in [3.8, 4) is 0 Å². The van der Waals surface area contributed by atoms with Crippen LogP contribution in [0.2, 0.25) is 0 Å². The minimum Gasteiger partial charge on any atom is -0.457 e. The van der Waals surface area contributed by atoms with Crippen molar-refractivity contribution in [1.29, 1.82) is 0 Å². The zero-order valence-electron chi connectivity index (χ0n) is 18.8. The van der Waals surface area contributed by atoms with Crippen molar-refractivity contribution in [3.63, 3.8) is 0 Å². The van der Waals surface area contributed by atoms with E-state index in [1.807, 2.05) is 61.5 Å². The highest BCUT2D eigenvalue weighted by atomic mass is 19.1. The summed E-state index contributed by atoms with van der Waals surface area (Å²) in [6.07, 6.45) is 0.116. The van der Waals surface area contributed by atoms with E-state index in [4.69, 9.17) is 4.74 Å². The van der Waals surface area contributed by atoms with Crippen LogP contribution in [0.3, 0.4) is 0 Å². The van der Waals surface area contributed by atoms with Crippen LogP contribution < -0.4 is 0 Å². The molecule has 3 aromatic carbocycles. The summed E-state index contributed by atoms with van der Waals surface area (Å²) in [4.78, 5) is 28.1. The van der Waals surface area contributed by atoms with Crippen LogP contribution in [0.4, 0.5) is 4.39 Å². The summed E-state index contributed by atoms with van der Waals surface area (Å²) in [5.74, 6) is -1.40. The van der Waals surface area contributed by atoms with E-state index >= 15 is 0 Å². The lowest BCUT2D eigenvalue weighted by molar-refractivity contribution is -0.141. The molecule has 4 rings (SSSR count). The standard InChI is InChI=1S/C28H26FNO3/c1-19-8-10-21(11-9-19)17-30-20(2)27(28(32)33-18-22-6-4-3-5-7-22)25(16-26(30)31)23-12-14-24(29)15-13-23/h3-15,25H,16-18H2,1-2H3. The number of aryl methyl sites for hydroxylation is 1. The zero-order valence-corrected chi connectivity index (χ0v) is 18.8. The number of allylic oxidation sites excluding steroid dienone is 1. The molecule has 0 radical (unpaired) electrons. The van der Waals surface area contributed by atoms with Crippen molar-refractivity contribution in [1.82, 2.24) is 4.90 Å². The maximum absolute atomic E-state index is 13.5. The maximum atomic E-state index is 13.5. The number of halogens is 1. The fourth-order valence-electron chi connectivity index (χ4n) is 4.12. The lowest BCUT2D eigenvalue weighted by atomic mass is 9.83. The molecule has 1 aliphatic rings. The molecular weight excluding hydrogens is 417 g/mol. The lowest BCUT2D eigenvalue weighted by Crippen LogP contribution is -2.38. The molecule has 5 heteroatoms. The smallest absolute Gasteiger partial charge is 0.336 e. The van der Waals surface area contributed by atoms with Gasteiger partial charge in [-0.2, -0.15) is 0 Å². The number of carbonyl (C=O) groups is 2. The molecular formula is C28H26FNO3. The number of hydrogen-bond donors (Lipinski definition) is 0. The molecule has 1 heterocycles. The van der Waals surface area contributed by atoms with Gasteiger partial charge in [-0.05, 0) is 42.7 Å². The Morgan fingerprint density at radius 1 is 0.939 bits per heavy atom. The average Bonchev–Trinajstić information content (AvgIpc) is 2.82. The number of carbonyl (C=O) groups excluding carboxylic acids is 2. The Kier molecular flexibility index (Phi) is 6.68. The molecule has 33 heavy (non-hydrogen) atoms. The van der Waals surface area contributed by atoms with Crippen molar-refractivity contribution in [2.75, 3.05) is 0 Å². The van der Waals surface area contributed by atoms with Gasteiger partial charge in [-0.1, -0.05) is 72.3 Å². The first-order valence-corrected chi connectivity index (χ1v) is 11.0. The lowest BCUT2D eigenvalue weighted by Gasteiger charge is -2.34. The Labute approximate surface area is 193 Å². The zero-order chi connectivity index (χ0) is 23.4. The predicted molar refractivity (Wildman–Crippen MR) is 124 cm³/mol. The molecule has 0 fully saturated rings. The summed E-state index contributed by atoms with van der Waals surface area (Å²) in [7, 11) is 0. The first-order chi connectivity index (χ1) is 15.9. The van der Waals surface area contributed by atoms with E-state index in [2.05, 4.69) is 0 Å². The summed E-state index contributed by atoms with van der Waals surface area (Å²) < 4.78 is 19.2. The van der Waals surface area contributed by atoms with Gasteiger partial charge in [-0.25, -0.2) is 9.18 Å². The summed E-state index contributed by atoms with van der Waals surface area (Å²) in [6.45, 7) is 4.30. The van der Waals surface area contributed by atoms with E-state index in [0.29, 0.717) is 23.4 Å². The highest BCUT2D eigenvalue weighted by molar-refractivity contribution is 5.95. The maximum Gasteiger partial charge on any atom is 0.336 e. The molecule has 3 aromatic rings. The molecule has 0 saturated heterocycles. The molecule has 1 aliphatic heterocycles. The number of rotatable bonds is 6. The Bertz CT molecular complexity index is 1170. The third-order valence-corrected chi connectivity index (χ3v) is 5.99. The number of nitrogens with zero attached hydrogens (tertiary/aromatic N) is 1. The third kappa shape index (κ3) is 5.20. The Balaban J connectivity index is 1.67. The van der Waals surface area contributed by atoms with Crippen molar-refractivity contribution in [2.45, 2.75) is 39.3 Å². The number of benzene rings is 3. The molecule has 168 valence electrons. The van der Waals surface area contributed by atoms with E-state index in [1.165, 1.54) is 12.1 Å². The third-order valence-electron chi connectivity index (χ3n) is 5.99. The Hall–Kier alpha value is -3.73. The summed E-state index contributed by atoms with van der Waals surface area (Å²) in [6, 6.07) is 23.4. The van der Waals surface area contributed by atoms with Crippen LogP contribution in [0.25, 0.3) is 0 Å². The van der Waals surface area contributed by atoms with Gasteiger partial charge in [0.25, 0.3) is 0 Å². The number of amides is 1. The quantitative estimate of drug-likeness (QED) is 0.461. The molecule has 0 spiro atoms. The van der Waals surface area contributed by atoms with Crippen LogP contribution >= 0.6 is 0 Å². The van der Waals surface area contributed by atoms with Crippen molar-refractivity contribution >= 4 is 11.9 Å². The molecule has 0 bridgehead atoms. The highest BCUT2D eigenvalue weighted by Crippen LogP contribution is 2.38. The molecule has 4 nitrogen and oxygen atoms in total. The topological polar surface area (TPSA) is 46.6 Å². The van der Waals surface area contributed by atoms with Crippen LogP contribution in [0.1, 0.15) is 41.5 Å². The summed E-state index contributed by atoms with van der Waals surface area (Å²) >= 11 is 0. The van der Waals surface area contributed by atoms with E-state index in [1.54, 1.807) is 24.0 Å². The molecule has 0 saturated carbocycles. The minimum atomic E-state index is -0.490. The fourth-order valence-corrected chi connectivity index (χ4v) is 4.12. The Morgan fingerprint density at radius 2 is 1.61 bits per heavy atom. The predicted octanol–water partition coefficient (Wildman–Crippen LogP) is 5.67. The summed E-state index contributed by atoms with van der Waals surface area (Å²) in [5, 5.41) is 0. The van der Waals surface area contributed by atoms with Crippen LogP contribution in [-0.2, 0) is 27.5 Å². The SMILES string of the molecule is CC1=C(C(=O)OCc2ccccc2)C(c2ccc(F)cc2)CC(=O)N1Cc1ccc(C)cc1. The van der Waals surface area contributed by atoms with Crippen LogP contribution in [0.5, 0.6) is 0 Å². The monoisotopic (exact) mass is 443 g/mol. The van der Waals surface area contributed by atoms with Gasteiger partial charge in [0, 0.05) is 18.0 Å². The molecule has 0 aliphatic carbocycles. The average molecular weight is 444 g/mol. The van der Waals surface area contributed by atoms with Gasteiger partial charge in [-0.3, -0.25) is 4.79 Å². The van der Waals surface area contributed by atoms with Gasteiger partial charge in [0.05, 0.1) is 12.1 Å². The molecule has 1 unspecified atom stereocenters. The normalized spacial score (nSPS) is 16.2. The fraction of sp³-hybridized carbons (Fsp3) is 0.214. The highest BCUT2D eigenvalue weighted by Gasteiger charge is 2.37. The van der Waals surface area contributed by atoms with E-state index in [0.717, 1.165) is 16.7 Å². The van der Waals surface area contributed by atoms with E-state index < -0.39 is 11.9 Å². The molecule has 1 amide bonds. The molecule has 0 N–H and O–H groups in total. The largest absolute Gasteiger partial charge is 0.457 e. The van der Waals surface area contributed by atoms with Gasteiger partial charge in [0.1, 0.15) is 12.4 Å². The second kappa shape index (κ2) is 9.82. The molecule has 0 aromatic heterocycles.